The Morgan fingerprint density at radius 1 is 1.00 bits per heavy atom. The molecule has 0 radical (unpaired) electrons. The third-order valence-electron chi connectivity index (χ3n) is 3.67. The summed E-state index contributed by atoms with van der Waals surface area (Å²) in [6, 6.07) is 15.4. The summed E-state index contributed by atoms with van der Waals surface area (Å²) in [5.74, 6) is 0. The minimum absolute atomic E-state index is 0.169. The molecule has 0 saturated heterocycles. The highest BCUT2D eigenvalue weighted by atomic mass is 19.4. The fraction of sp³-hybridized carbons (Fsp3) is 0.333. The molecule has 0 aliphatic carbocycles. The van der Waals surface area contributed by atoms with Gasteiger partial charge >= 0.3 is 6.18 Å². The number of halogens is 3. The topological polar surface area (TPSA) is 12.5 Å². The van der Waals surface area contributed by atoms with Crippen molar-refractivity contribution in [1.29, 1.82) is 0 Å². The van der Waals surface area contributed by atoms with Crippen LogP contribution in [-0.4, -0.2) is 25.6 Å². The van der Waals surface area contributed by atoms with Gasteiger partial charge in [-0.3, -0.25) is 4.90 Å². The summed E-state index contributed by atoms with van der Waals surface area (Å²) in [5.41, 5.74) is 0.635. The second-order valence-electron chi connectivity index (χ2n) is 5.49. The lowest BCUT2D eigenvalue weighted by Gasteiger charge is -2.25. The first-order valence-corrected chi connectivity index (χ1v) is 7.33. The molecule has 0 heterocycles. The summed E-state index contributed by atoms with van der Waals surface area (Å²) in [6.45, 7) is 1.02. The van der Waals surface area contributed by atoms with Crippen LogP contribution in [0.3, 0.4) is 0 Å². The Morgan fingerprint density at radius 3 is 2.22 bits per heavy atom. The number of nitrogens with zero attached hydrogens (tertiary/aromatic N) is 1. The second kappa shape index (κ2) is 7.62. The fourth-order valence-electron chi connectivity index (χ4n) is 2.58. The van der Waals surface area contributed by atoms with Crippen LogP contribution in [0.25, 0.3) is 0 Å². The molecule has 0 aliphatic heterocycles. The Morgan fingerprint density at radius 2 is 1.61 bits per heavy atom. The van der Waals surface area contributed by atoms with Crippen LogP contribution >= 0.6 is 0 Å². The minimum Gasteiger partial charge on any atom is -0.375 e. The molecule has 2 rings (SSSR count). The van der Waals surface area contributed by atoms with Gasteiger partial charge in [0, 0.05) is 20.2 Å². The van der Waals surface area contributed by atoms with Gasteiger partial charge in [0.05, 0.1) is 11.7 Å². The zero-order chi connectivity index (χ0) is 16.9. The van der Waals surface area contributed by atoms with Crippen LogP contribution in [-0.2, 0) is 17.5 Å². The highest BCUT2D eigenvalue weighted by Crippen LogP contribution is 2.35. The van der Waals surface area contributed by atoms with Crippen LogP contribution in [0.1, 0.15) is 22.8 Å². The molecular formula is C18H20F3NO. The van der Waals surface area contributed by atoms with Crippen molar-refractivity contribution in [3.63, 3.8) is 0 Å². The molecule has 5 heteroatoms. The Kier molecular flexibility index (Phi) is 5.80. The third kappa shape index (κ3) is 4.81. The molecule has 0 amide bonds. The molecule has 0 spiro atoms. The van der Waals surface area contributed by atoms with Crippen molar-refractivity contribution in [2.75, 3.05) is 20.7 Å². The van der Waals surface area contributed by atoms with E-state index in [1.165, 1.54) is 19.2 Å². The van der Waals surface area contributed by atoms with Crippen LogP contribution in [0.15, 0.2) is 54.6 Å². The molecule has 0 bridgehead atoms. The predicted octanol–water partition coefficient (Wildman–Crippen LogP) is 4.52. The number of hydrogen-bond acceptors (Lipinski definition) is 2. The van der Waals surface area contributed by atoms with E-state index in [1.807, 2.05) is 42.3 Å². The van der Waals surface area contributed by atoms with Gasteiger partial charge < -0.3 is 4.74 Å². The van der Waals surface area contributed by atoms with Gasteiger partial charge in [0.1, 0.15) is 0 Å². The molecule has 0 aromatic heterocycles. The number of benzene rings is 2. The molecule has 2 aromatic carbocycles. The maximum atomic E-state index is 13.2. The number of likely N-dealkylation sites (N-methyl/N-ethyl adjacent to an activating group) is 1. The van der Waals surface area contributed by atoms with Crippen LogP contribution in [0.5, 0.6) is 0 Å². The number of ether oxygens (including phenoxy) is 1. The molecule has 124 valence electrons. The molecule has 1 unspecified atom stereocenters. The van der Waals surface area contributed by atoms with E-state index in [2.05, 4.69) is 0 Å². The summed E-state index contributed by atoms with van der Waals surface area (Å²) >= 11 is 0. The molecular weight excluding hydrogens is 303 g/mol. The highest BCUT2D eigenvalue weighted by Gasteiger charge is 2.35. The summed E-state index contributed by atoms with van der Waals surface area (Å²) in [7, 11) is 3.31. The lowest BCUT2D eigenvalue weighted by atomic mass is 10.0. The fourth-order valence-corrected chi connectivity index (χ4v) is 2.58. The third-order valence-corrected chi connectivity index (χ3v) is 3.67. The first-order valence-electron chi connectivity index (χ1n) is 7.33. The van der Waals surface area contributed by atoms with Gasteiger partial charge in [0.25, 0.3) is 0 Å². The Balaban J connectivity index is 2.14. The van der Waals surface area contributed by atoms with Crippen LogP contribution in [0.4, 0.5) is 13.2 Å². The quantitative estimate of drug-likeness (QED) is 0.775. The molecule has 0 fully saturated rings. The van der Waals surface area contributed by atoms with E-state index < -0.39 is 17.8 Å². The lowest BCUT2D eigenvalue weighted by Crippen LogP contribution is -2.26. The Bertz CT molecular complexity index is 613. The van der Waals surface area contributed by atoms with Gasteiger partial charge in [0.15, 0.2) is 0 Å². The Hall–Kier alpha value is -1.85. The monoisotopic (exact) mass is 323 g/mol. The van der Waals surface area contributed by atoms with Crippen molar-refractivity contribution in [2.24, 2.45) is 0 Å². The molecule has 0 aliphatic rings. The number of methoxy groups -OCH3 is 1. The summed E-state index contributed by atoms with van der Waals surface area (Å²) in [6.07, 6.45) is -5.02. The normalized spacial score (nSPS) is 13.3. The van der Waals surface area contributed by atoms with Crippen molar-refractivity contribution in [3.8, 4) is 0 Å². The van der Waals surface area contributed by atoms with E-state index in [0.717, 1.165) is 11.6 Å². The van der Waals surface area contributed by atoms with Gasteiger partial charge in [-0.1, -0.05) is 48.5 Å². The minimum atomic E-state index is -4.38. The van der Waals surface area contributed by atoms with E-state index >= 15 is 0 Å². The van der Waals surface area contributed by atoms with Crippen LogP contribution in [0.2, 0.25) is 0 Å². The largest absolute Gasteiger partial charge is 0.416 e. The SMILES string of the molecule is COC(CN(C)Cc1ccccc1)c1ccccc1C(F)(F)F. The average Bonchev–Trinajstić information content (AvgIpc) is 2.53. The van der Waals surface area contributed by atoms with Crippen molar-refractivity contribution in [3.05, 3.63) is 71.3 Å². The van der Waals surface area contributed by atoms with Gasteiger partial charge in [-0.2, -0.15) is 13.2 Å². The molecule has 2 aromatic rings. The Labute approximate surface area is 134 Å². The van der Waals surface area contributed by atoms with E-state index in [9.17, 15) is 13.2 Å². The summed E-state index contributed by atoms with van der Waals surface area (Å²) in [5, 5.41) is 0. The average molecular weight is 323 g/mol. The molecule has 1 atom stereocenters. The summed E-state index contributed by atoms with van der Waals surface area (Å²) in [4.78, 5) is 1.96. The first kappa shape index (κ1) is 17.5. The van der Waals surface area contributed by atoms with Gasteiger partial charge in [-0.25, -0.2) is 0 Å². The summed E-state index contributed by atoms with van der Waals surface area (Å²) < 4.78 is 44.8. The molecule has 2 nitrogen and oxygen atoms in total. The lowest BCUT2D eigenvalue weighted by molar-refractivity contribution is -0.139. The molecule has 0 saturated carbocycles. The maximum Gasteiger partial charge on any atom is 0.416 e. The van der Waals surface area contributed by atoms with Crippen molar-refractivity contribution < 1.29 is 17.9 Å². The second-order valence-corrected chi connectivity index (χ2v) is 5.49. The number of alkyl halides is 3. The molecule has 23 heavy (non-hydrogen) atoms. The van der Waals surface area contributed by atoms with Crippen molar-refractivity contribution in [2.45, 2.75) is 18.8 Å². The van der Waals surface area contributed by atoms with Crippen LogP contribution < -0.4 is 0 Å². The standard InChI is InChI=1S/C18H20F3NO/c1-22(12-14-8-4-3-5-9-14)13-17(23-2)15-10-6-7-11-16(15)18(19,20)21/h3-11,17H,12-13H2,1-2H3. The van der Waals surface area contributed by atoms with E-state index in [1.54, 1.807) is 6.07 Å². The molecule has 0 N–H and O–H groups in total. The van der Waals surface area contributed by atoms with Gasteiger partial charge in [-0.05, 0) is 24.2 Å². The van der Waals surface area contributed by atoms with Crippen LogP contribution in [0, 0.1) is 0 Å². The van der Waals surface area contributed by atoms with E-state index in [-0.39, 0.29) is 5.56 Å². The zero-order valence-corrected chi connectivity index (χ0v) is 13.2. The van der Waals surface area contributed by atoms with E-state index in [4.69, 9.17) is 4.74 Å². The number of hydrogen-bond donors (Lipinski definition) is 0. The smallest absolute Gasteiger partial charge is 0.375 e. The first-order chi connectivity index (χ1) is 10.9. The van der Waals surface area contributed by atoms with E-state index in [0.29, 0.717) is 13.1 Å². The zero-order valence-electron chi connectivity index (χ0n) is 13.2. The van der Waals surface area contributed by atoms with Gasteiger partial charge in [0.2, 0.25) is 0 Å². The van der Waals surface area contributed by atoms with Crippen molar-refractivity contribution in [1.82, 2.24) is 4.90 Å². The van der Waals surface area contributed by atoms with Gasteiger partial charge in [-0.15, -0.1) is 0 Å². The van der Waals surface area contributed by atoms with Crippen molar-refractivity contribution >= 4 is 0 Å². The predicted molar refractivity (Wildman–Crippen MR) is 84.0 cm³/mol. The maximum absolute atomic E-state index is 13.2. The number of rotatable bonds is 6. The highest BCUT2D eigenvalue weighted by molar-refractivity contribution is 5.32.